The van der Waals surface area contributed by atoms with Gasteiger partial charge in [-0.2, -0.15) is 0 Å². The van der Waals surface area contributed by atoms with Crippen molar-refractivity contribution in [3.05, 3.63) is 24.8 Å². The third kappa shape index (κ3) is 27.3. The number of ether oxygens (including phenoxy) is 1. The summed E-state index contributed by atoms with van der Waals surface area (Å²) in [6.45, 7) is 5.89. The molecule has 0 aromatic rings. The van der Waals surface area contributed by atoms with Crippen LogP contribution in [0.2, 0.25) is 0 Å². The van der Waals surface area contributed by atoms with Gasteiger partial charge in [0.15, 0.2) is 0 Å². The summed E-state index contributed by atoms with van der Waals surface area (Å²) in [6, 6.07) is 0. The number of allylic oxidation sites excluding steroid dienone is 2. The Kier molecular flexibility index (Phi) is 27.7. The van der Waals surface area contributed by atoms with Gasteiger partial charge in [0.1, 0.15) is 6.61 Å². The third-order valence-electron chi connectivity index (χ3n) is 7.19. The summed E-state index contributed by atoms with van der Waals surface area (Å²) in [5.74, 6) is -1.98. The molecule has 4 heteroatoms. The molecule has 37 heavy (non-hydrogen) atoms. The fourth-order valence-electron chi connectivity index (χ4n) is 4.76. The molecular weight excluding hydrogens is 460 g/mol. The minimum absolute atomic E-state index is 0.0410. The molecule has 1 N–H and O–H groups in total. The maximum absolute atomic E-state index is 11.6. The highest BCUT2D eigenvalue weighted by Crippen LogP contribution is 2.18. The van der Waals surface area contributed by atoms with Crippen LogP contribution in [0.4, 0.5) is 0 Å². The Morgan fingerprint density at radius 2 is 1.08 bits per heavy atom. The highest BCUT2D eigenvalue weighted by atomic mass is 16.5. The molecule has 0 aromatic carbocycles. The largest absolute Gasteiger partial charge is 0.481 e. The maximum atomic E-state index is 11.6. The van der Waals surface area contributed by atoms with Gasteiger partial charge in [-0.05, 0) is 25.7 Å². The molecule has 0 spiro atoms. The van der Waals surface area contributed by atoms with E-state index in [1.165, 1.54) is 128 Å². The number of carbonyl (C=O) groups is 2. The summed E-state index contributed by atoms with van der Waals surface area (Å²) in [4.78, 5) is 23.0. The molecule has 0 radical (unpaired) electrons. The van der Waals surface area contributed by atoms with Crippen LogP contribution >= 0.6 is 0 Å². The molecule has 0 aliphatic heterocycles. The van der Waals surface area contributed by atoms with Gasteiger partial charge in [0.05, 0.1) is 12.3 Å². The summed E-state index contributed by atoms with van der Waals surface area (Å²) >= 11 is 0. The van der Waals surface area contributed by atoms with Crippen molar-refractivity contribution in [2.75, 3.05) is 6.61 Å². The van der Waals surface area contributed by atoms with Crippen molar-refractivity contribution in [3.8, 4) is 0 Å². The van der Waals surface area contributed by atoms with Crippen LogP contribution in [0.15, 0.2) is 24.8 Å². The molecule has 0 amide bonds. The summed E-state index contributed by atoms with van der Waals surface area (Å²) in [5, 5.41) is 9.30. The quantitative estimate of drug-likeness (QED) is 0.0605. The van der Waals surface area contributed by atoms with Crippen LogP contribution in [0.1, 0.15) is 161 Å². The number of aliphatic carboxylic acids is 1. The molecule has 0 aliphatic carbocycles. The lowest BCUT2D eigenvalue weighted by molar-refractivity contribution is -0.151. The van der Waals surface area contributed by atoms with Gasteiger partial charge in [-0.25, -0.2) is 0 Å². The third-order valence-corrected chi connectivity index (χ3v) is 7.19. The fourth-order valence-corrected chi connectivity index (χ4v) is 4.76. The van der Waals surface area contributed by atoms with Crippen LogP contribution in [-0.4, -0.2) is 23.7 Å². The normalized spacial score (nSPS) is 12.1. The lowest BCUT2D eigenvalue weighted by Gasteiger charge is -2.11. The molecule has 0 rings (SSSR count). The number of carboxylic acids is 1. The highest BCUT2D eigenvalue weighted by Gasteiger charge is 2.21. The Morgan fingerprint density at radius 1 is 0.676 bits per heavy atom. The predicted octanol–water partition coefficient (Wildman–Crippen LogP) is 10.4. The summed E-state index contributed by atoms with van der Waals surface area (Å²) in [7, 11) is 0. The number of carbonyl (C=O) groups excluding carboxylic acids is 1. The molecule has 0 heterocycles. The van der Waals surface area contributed by atoms with Gasteiger partial charge in [-0.1, -0.05) is 154 Å². The van der Waals surface area contributed by atoms with E-state index in [4.69, 9.17) is 4.74 Å². The van der Waals surface area contributed by atoms with E-state index in [1.54, 1.807) is 0 Å². The van der Waals surface area contributed by atoms with Gasteiger partial charge >= 0.3 is 11.9 Å². The molecule has 0 fully saturated rings. The molecule has 1 unspecified atom stereocenters. The Morgan fingerprint density at radius 3 is 1.49 bits per heavy atom. The van der Waals surface area contributed by atoms with Crippen LogP contribution < -0.4 is 0 Å². The Labute approximate surface area is 229 Å². The molecule has 0 saturated carbocycles. The van der Waals surface area contributed by atoms with Gasteiger partial charge in [-0.15, -0.1) is 0 Å². The number of carboxylic acid groups (broad SMARTS) is 1. The smallest absolute Gasteiger partial charge is 0.307 e. The van der Waals surface area contributed by atoms with E-state index in [-0.39, 0.29) is 13.0 Å². The van der Waals surface area contributed by atoms with Crippen LogP contribution in [0, 0.1) is 5.92 Å². The second kappa shape index (κ2) is 29.0. The molecule has 1 atom stereocenters. The first-order valence-electron chi connectivity index (χ1n) is 15.8. The van der Waals surface area contributed by atoms with E-state index in [9.17, 15) is 14.7 Å². The molecule has 0 aliphatic rings. The van der Waals surface area contributed by atoms with Crippen LogP contribution in [0.5, 0.6) is 0 Å². The van der Waals surface area contributed by atoms with Crippen molar-refractivity contribution in [1.82, 2.24) is 0 Å². The molecule has 216 valence electrons. The first kappa shape index (κ1) is 35.4. The molecule has 0 saturated heterocycles. The minimum Gasteiger partial charge on any atom is -0.481 e. The van der Waals surface area contributed by atoms with Gasteiger partial charge < -0.3 is 9.84 Å². The van der Waals surface area contributed by atoms with E-state index < -0.39 is 17.9 Å². The van der Waals surface area contributed by atoms with E-state index in [1.807, 2.05) is 0 Å². The minimum atomic E-state index is -0.900. The Bertz CT molecular complexity index is 555. The summed E-state index contributed by atoms with van der Waals surface area (Å²) in [5.41, 5.74) is 0. The predicted molar refractivity (Wildman–Crippen MR) is 158 cm³/mol. The lowest BCUT2D eigenvalue weighted by atomic mass is 9.97. The molecule has 0 bridgehead atoms. The van der Waals surface area contributed by atoms with Gasteiger partial charge in [0.25, 0.3) is 0 Å². The van der Waals surface area contributed by atoms with Crippen LogP contribution in [-0.2, 0) is 14.3 Å². The first-order valence-corrected chi connectivity index (χ1v) is 15.8. The van der Waals surface area contributed by atoms with Crippen molar-refractivity contribution >= 4 is 11.9 Å². The van der Waals surface area contributed by atoms with Crippen molar-refractivity contribution in [2.45, 2.75) is 161 Å². The number of rotatable bonds is 29. The fraction of sp³-hybridized carbons (Fsp3) is 0.818. The van der Waals surface area contributed by atoms with Crippen LogP contribution in [0.3, 0.4) is 0 Å². The summed E-state index contributed by atoms with van der Waals surface area (Å²) < 4.78 is 4.91. The zero-order valence-electron chi connectivity index (χ0n) is 24.4. The Hall–Kier alpha value is -1.58. The van der Waals surface area contributed by atoms with Crippen molar-refractivity contribution in [2.24, 2.45) is 5.92 Å². The first-order chi connectivity index (χ1) is 18.1. The lowest BCUT2D eigenvalue weighted by Crippen LogP contribution is -2.19. The van der Waals surface area contributed by atoms with Crippen molar-refractivity contribution in [3.63, 3.8) is 0 Å². The van der Waals surface area contributed by atoms with Crippen LogP contribution in [0.25, 0.3) is 0 Å². The number of hydrogen-bond acceptors (Lipinski definition) is 3. The summed E-state index contributed by atoms with van der Waals surface area (Å²) in [6.07, 6.45) is 35.6. The van der Waals surface area contributed by atoms with Gasteiger partial charge in [0, 0.05) is 0 Å². The van der Waals surface area contributed by atoms with Gasteiger partial charge in [-0.3, -0.25) is 9.59 Å². The average Bonchev–Trinajstić information content (AvgIpc) is 2.89. The molecular formula is C33H60O4. The molecule has 0 aromatic heterocycles. The van der Waals surface area contributed by atoms with Crippen molar-refractivity contribution in [1.29, 1.82) is 0 Å². The van der Waals surface area contributed by atoms with E-state index in [0.717, 1.165) is 19.3 Å². The van der Waals surface area contributed by atoms with E-state index in [0.29, 0.717) is 6.42 Å². The van der Waals surface area contributed by atoms with E-state index in [2.05, 4.69) is 25.7 Å². The zero-order valence-corrected chi connectivity index (χ0v) is 24.4. The average molecular weight is 521 g/mol. The number of esters is 1. The van der Waals surface area contributed by atoms with Crippen molar-refractivity contribution < 1.29 is 19.4 Å². The SMILES string of the molecule is C=CCOC(=O)CC(CCCCCCCCCCCCCCCCCCCC/C=C/CCCC)C(=O)O. The second-order valence-electron chi connectivity index (χ2n) is 10.8. The second-order valence-corrected chi connectivity index (χ2v) is 10.8. The van der Waals surface area contributed by atoms with E-state index >= 15 is 0 Å². The number of unbranched alkanes of at least 4 members (excludes halogenated alkanes) is 20. The monoisotopic (exact) mass is 520 g/mol. The standard InChI is InChI=1S/C33H60O4/c1-3-5-6-7-8-9-10-11-12-13-14-15-16-17-18-19-20-21-22-23-24-25-26-27-28-31(33(35)36)30-32(34)37-29-4-2/h4,7-8,31H,2-3,5-6,9-30H2,1H3,(H,35,36)/b8-7+. The topological polar surface area (TPSA) is 63.6 Å². The maximum Gasteiger partial charge on any atom is 0.307 e. The Balaban J connectivity index is 3.32. The zero-order chi connectivity index (χ0) is 27.2. The number of hydrogen-bond donors (Lipinski definition) is 1. The molecule has 4 nitrogen and oxygen atoms in total. The highest BCUT2D eigenvalue weighted by molar-refractivity contribution is 5.78. The van der Waals surface area contributed by atoms with Gasteiger partial charge in [0.2, 0.25) is 0 Å².